The predicted octanol–water partition coefficient (Wildman–Crippen LogP) is 5.30. The summed E-state index contributed by atoms with van der Waals surface area (Å²) in [5.41, 5.74) is 3.67. The minimum atomic E-state index is -0.449. The minimum absolute atomic E-state index is 0.255. The molecule has 0 aliphatic heterocycles. The molecule has 5 rings (SSSR count). The molecule has 0 aliphatic carbocycles. The molecule has 168 valence electrons. The first-order chi connectivity index (χ1) is 16.5. The Balaban J connectivity index is 1.27. The summed E-state index contributed by atoms with van der Waals surface area (Å²) in [4.78, 5) is 25.1. The number of carbonyl (C=O) groups excluding carboxylic acids is 2. The highest BCUT2D eigenvalue weighted by molar-refractivity contribution is 6.33. The number of urea groups is 1. The molecule has 0 atom stereocenters. The summed E-state index contributed by atoms with van der Waals surface area (Å²) in [6, 6.07) is 19.0. The SMILES string of the molecule is O=C(Nc1cnn(-c2cccc(C(=O)Nc3ccc4[nH]ncc4c3)c2)c1)Nc1ccccc1Cl. The number of carbonyl (C=O) groups is 2. The Kier molecular flexibility index (Phi) is 5.67. The van der Waals surface area contributed by atoms with E-state index >= 15 is 0 Å². The van der Waals surface area contributed by atoms with Gasteiger partial charge in [0, 0.05) is 16.6 Å². The lowest BCUT2D eigenvalue weighted by molar-refractivity contribution is 0.102. The molecule has 0 radical (unpaired) electrons. The molecule has 0 aliphatic rings. The van der Waals surface area contributed by atoms with Crippen LogP contribution in [0.5, 0.6) is 0 Å². The lowest BCUT2D eigenvalue weighted by Gasteiger charge is -2.08. The number of hydrogen-bond acceptors (Lipinski definition) is 4. The first kappa shape index (κ1) is 21.2. The van der Waals surface area contributed by atoms with Gasteiger partial charge in [0.05, 0.1) is 46.2 Å². The number of amides is 3. The molecule has 2 heterocycles. The normalized spacial score (nSPS) is 10.7. The van der Waals surface area contributed by atoms with Crippen LogP contribution in [0.15, 0.2) is 85.3 Å². The smallest absolute Gasteiger partial charge is 0.322 e. The van der Waals surface area contributed by atoms with Crippen molar-refractivity contribution in [2.24, 2.45) is 0 Å². The molecule has 0 spiro atoms. The fraction of sp³-hybridized carbons (Fsp3) is 0. The molecule has 5 aromatic rings. The van der Waals surface area contributed by atoms with Gasteiger partial charge < -0.3 is 16.0 Å². The van der Waals surface area contributed by atoms with Crippen LogP contribution in [0.3, 0.4) is 0 Å². The van der Waals surface area contributed by atoms with Crippen molar-refractivity contribution < 1.29 is 9.59 Å². The van der Waals surface area contributed by atoms with E-state index in [4.69, 9.17) is 11.6 Å². The van der Waals surface area contributed by atoms with Gasteiger partial charge in [-0.2, -0.15) is 10.2 Å². The molecule has 0 unspecified atom stereocenters. The third-order valence-corrected chi connectivity index (χ3v) is 5.36. The van der Waals surface area contributed by atoms with E-state index in [9.17, 15) is 9.59 Å². The van der Waals surface area contributed by atoms with Crippen LogP contribution >= 0.6 is 11.6 Å². The molecule has 0 fully saturated rings. The Hall–Kier alpha value is -4.63. The number of aromatic amines is 1. The average molecular weight is 472 g/mol. The summed E-state index contributed by atoms with van der Waals surface area (Å²) in [5, 5.41) is 20.8. The van der Waals surface area contributed by atoms with E-state index in [0.717, 1.165) is 10.9 Å². The number of halogens is 1. The van der Waals surface area contributed by atoms with Gasteiger partial charge in [0.25, 0.3) is 5.91 Å². The van der Waals surface area contributed by atoms with Gasteiger partial charge in [-0.15, -0.1) is 0 Å². The second-order valence-electron chi connectivity index (χ2n) is 7.41. The molecule has 4 N–H and O–H groups in total. The number of H-pyrrole nitrogens is 1. The number of para-hydroxylation sites is 1. The second kappa shape index (κ2) is 9.08. The van der Waals surface area contributed by atoms with E-state index in [-0.39, 0.29) is 5.91 Å². The Morgan fingerprint density at radius 1 is 0.882 bits per heavy atom. The Morgan fingerprint density at radius 3 is 2.65 bits per heavy atom. The molecule has 0 bridgehead atoms. The number of aromatic nitrogens is 4. The lowest BCUT2D eigenvalue weighted by atomic mass is 10.1. The van der Waals surface area contributed by atoms with E-state index in [0.29, 0.717) is 33.3 Å². The number of rotatable bonds is 5. The monoisotopic (exact) mass is 471 g/mol. The van der Waals surface area contributed by atoms with Crippen molar-refractivity contribution in [1.82, 2.24) is 20.0 Å². The van der Waals surface area contributed by atoms with Crippen LogP contribution in [-0.2, 0) is 0 Å². The molecule has 3 aromatic carbocycles. The van der Waals surface area contributed by atoms with Gasteiger partial charge in [0.1, 0.15) is 0 Å². The largest absolute Gasteiger partial charge is 0.323 e. The molecule has 3 amide bonds. The van der Waals surface area contributed by atoms with Crippen LogP contribution in [0.2, 0.25) is 5.02 Å². The van der Waals surface area contributed by atoms with Gasteiger partial charge in [-0.05, 0) is 48.5 Å². The maximum absolute atomic E-state index is 12.8. The van der Waals surface area contributed by atoms with Gasteiger partial charge in [-0.1, -0.05) is 29.8 Å². The quantitative estimate of drug-likeness (QED) is 0.278. The lowest BCUT2D eigenvalue weighted by Crippen LogP contribution is -2.19. The number of anilines is 3. The van der Waals surface area contributed by atoms with Gasteiger partial charge in [-0.25, -0.2) is 9.48 Å². The van der Waals surface area contributed by atoms with Crippen molar-refractivity contribution in [3.8, 4) is 5.69 Å². The third kappa shape index (κ3) is 4.59. The average Bonchev–Trinajstić information content (AvgIpc) is 3.50. The fourth-order valence-electron chi connectivity index (χ4n) is 3.39. The minimum Gasteiger partial charge on any atom is -0.322 e. The molecule has 2 aromatic heterocycles. The topological polar surface area (TPSA) is 117 Å². The van der Waals surface area contributed by atoms with E-state index in [2.05, 4.69) is 31.2 Å². The van der Waals surface area contributed by atoms with E-state index in [1.165, 1.54) is 6.20 Å². The van der Waals surface area contributed by atoms with Crippen LogP contribution < -0.4 is 16.0 Å². The zero-order valence-corrected chi connectivity index (χ0v) is 18.4. The molecular weight excluding hydrogens is 454 g/mol. The summed E-state index contributed by atoms with van der Waals surface area (Å²) in [6.07, 6.45) is 4.86. The fourth-order valence-corrected chi connectivity index (χ4v) is 3.57. The number of fused-ring (bicyclic) bond motifs is 1. The van der Waals surface area contributed by atoms with Crippen molar-refractivity contribution >= 4 is 51.5 Å². The molecule has 9 nitrogen and oxygen atoms in total. The maximum atomic E-state index is 12.8. The van der Waals surface area contributed by atoms with Crippen LogP contribution in [-0.4, -0.2) is 31.9 Å². The third-order valence-electron chi connectivity index (χ3n) is 5.03. The highest BCUT2D eigenvalue weighted by atomic mass is 35.5. The molecular formula is C24H18ClN7O2. The van der Waals surface area contributed by atoms with Gasteiger partial charge in [-0.3, -0.25) is 9.89 Å². The molecule has 10 heteroatoms. The van der Waals surface area contributed by atoms with Crippen LogP contribution in [0.4, 0.5) is 21.9 Å². The van der Waals surface area contributed by atoms with E-state index in [1.54, 1.807) is 65.6 Å². The highest BCUT2D eigenvalue weighted by Crippen LogP contribution is 2.21. The first-order valence-electron chi connectivity index (χ1n) is 10.3. The zero-order chi connectivity index (χ0) is 23.5. The van der Waals surface area contributed by atoms with E-state index < -0.39 is 6.03 Å². The van der Waals surface area contributed by atoms with Gasteiger partial charge >= 0.3 is 6.03 Å². The van der Waals surface area contributed by atoms with Crippen molar-refractivity contribution in [1.29, 1.82) is 0 Å². The van der Waals surface area contributed by atoms with Crippen LogP contribution in [0, 0.1) is 0 Å². The van der Waals surface area contributed by atoms with Crippen LogP contribution in [0.25, 0.3) is 16.6 Å². The summed E-state index contributed by atoms with van der Waals surface area (Å²) in [7, 11) is 0. The second-order valence-corrected chi connectivity index (χ2v) is 7.82. The molecule has 0 saturated carbocycles. The van der Waals surface area contributed by atoms with Crippen molar-refractivity contribution in [2.45, 2.75) is 0 Å². The van der Waals surface area contributed by atoms with Crippen molar-refractivity contribution in [2.75, 3.05) is 16.0 Å². The highest BCUT2D eigenvalue weighted by Gasteiger charge is 2.11. The number of nitrogens with one attached hydrogen (secondary N) is 4. The Morgan fingerprint density at radius 2 is 1.76 bits per heavy atom. The van der Waals surface area contributed by atoms with Crippen molar-refractivity contribution in [3.05, 3.63) is 95.9 Å². The summed E-state index contributed by atoms with van der Waals surface area (Å²) in [5.74, 6) is -0.255. The molecule has 0 saturated heterocycles. The molecule has 34 heavy (non-hydrogen) atoms. The Labute approximate surface area is 198 Å². The summed E-state index contributed by atoms with van der Waals surface area (Å²) in [6.45, 7) is 0. The Bertz CT molecular complexity index is 1510. The first-order valence-corrected chi connectivity index (χ1v) is 10.6. The summed E-state index contributed by atoms with van der Waals surface area (Å²) >= 11 is 6.07. The number of nitrogens with zero attached hydrogens (tertiary/aromatic N) is 3. The van der Waals surface area contributed by atoms with Crippen LogP contribution in [0.1, 0.15) is 10.4 Å². The number of benzene rings is 3. The van der Waals surface area contributed by atoms with Gasteiger partial charge in [0.2, 0.25) is 0 Å². The van der Waals surface area contributed by atoms with E-state index in [1.807, 2.05) is 18.2 Å². The van der Waals surface area contributed by atoms with Crippen molar-refractivity contribution in [3.63, 3.8) is 0 Å². The predicted molar refractivity (Wildman–Crippen MR) is 132 cm³/mol. The maximum Gasteiger partial charge on any atom is 0.323 e. The standard InChI is InChI=1S/C24H18ClN7O2/c25-20-6-1-2-7-22(20)30-24(34)29-18-13-27-32(14-18)19-5-3-4-15(11-19)23(33)28-17-8-9-21-16(10-17)12-26-31-21/h1-14H,(H,26,31)(H,28,33)(H2,29,30,34). The van der Waals surface area contributed by atoms with Gasteiger partial charge in [0.15, 0.2) is 0 Å². The summed E-state index contributed by atoms with van der Waals surface area (Å²) < 4.78 is 1.57. The zero-order valence-electron chi connectivity index (χ0n) is 17.6. The number of hydrogen-bond donors (Lipinski definition) is 4.